The third kappa shape index (κ3) is 5.79. The largest absolute Gasteiger partial charge is 0.480 e. The summed E-state index contributed by atoms with van der Waals surface area (Å²) in [6.45, 7) is 8.40. The van der Waals surface area contributed by atoms with Gasteiger partial charge in [-0.05, 0) is 46.2 Å². The Hall–Kier alpha value is -2.42. The molecule has 1 unspecified atom stereocenters. The quantitative estimate of drug-likeness (QED) is 0.437. The summed E-state index contributed by atoms with van der Waals surface area (Å²) in [5.74, 6) is -1.70. The van der Waals surface area contributed by atoms with Crippen LogP contribution in [0.15, 0.2) is 30.5 Å². The Morgan fingerprint density at radius 1 is 1.18 bits per heavy atom. The van der Waals surface area contributed by atoms with Gasteiger partial charge in [0.2, 0.25) is 12.3 Å². The number of ether oxygens (including phenoxy) is 1. The highest BCUT2D eigenvalue weighted by Gasteiger charge is 2.34. The number of hydrogen-bond acceptors (Lipinski definition) is 5. The van der Waals surface area contributed by atoms with Crippen LogP contribution in [0.5, 0.6) is 0 Å². The van der Waals surface area contributed by atoms with Crippen LogP contribution in [0.2, 0.25) is 0 Å². The van der Waals surface area contributed by atoms with E-state index in [1.54, 1.807) is 40.8 Å². The molecule has 0 fully saturated rings. The van der Waals surface area contributed by atoms with Gasteiger partial charge in [-0.1, -0.05) is 18.2 Å². The fourth-order valence-electron chi connectivity index (χ4n) is 2.80. The predicted molar refractivity (Wildman–Crippen MR) is 106 cm³/mol. The van der Waals surface area contributed by atoms with Gasteiger partial charge in [0.05, 0.1) is 11.1 Å². The summed E-state index contributed by atoms with van der Waals surface area (Å²) in [5.41, 5.74) is -0.168. The molecule has 0 aliphatic rings. The number of H-pyrrole nitrogens is 1. The third-order valence-electron chi connectivity index (χ3n) is 4.22. The number of aromatic amines is 1. The molecular weight excluding hydrogens is 362 g/mol. The van der Waals surface area contributed by atoms with Crippen molar-refractivity contribution in [1.82, 2.24) is 15.6 Å². The van der Waals surface area contributed by atoms with Gasteiger partial charge in [0.15, 0.2) is 0 Å². The lowest BCUT2D eigenvalue weighted by atomic mass is 10.0. The molecular formula is C20H29N3O5. The summed E-state index contributed by atoms with van der Waals surface area (Å²) >= 11 is 0. The fourth-order valence-corrected chi connectivity index (χ4v) is 2.80. The monoisotopic (exact) mass is 391 g/mol. The summed E-state index contributed by atoms with van der Waals surface area (Å²) in [6, 6.07) is 6.44. The van der Waals surface area contributed by atoms with Crippen molar-refractivity contribution in [3.05, 3.63) is 36.0 Å². The Labute approximate surface area is 164 Å². The molecule has 5 N–H and O–H groups in total. The topological polar surface area (TPSA) is 124 Å². The van der Waals surface area contributed by atoms with Crippen LogP contribution in [0.4, 0.5) is 0 Å². The molecule has 28 heavy (non-hydrogen) atoms. The number of carboxylic acid groups (broad SMARTS) is 1. The zero-order valence-electron chi connectivity index (χ0n) is 16.9. The van der Waals surface area contributed by atoms with Gasteiger partial charge in [-0.15, -0.1) is 0 Å². The van der Waals surface area contributed by atoms with Gasteiger partial charge in [0, 0.05) is 23.5 Å². The molecule has 2 aromatic rings. The zero-order chi connectivity index (χ0) is 21.1. The Morgan fingerprint density at radius 2 is 1.82 bits per heavy atom. The minimum absolute atomic E-state index is 0.127. The van der Waals surface area contributed by atoms with Crippen LogP contribution >= 0.6 is 0 Å². The summed E-state index contributed by atoms with van der Waals surface area (Å²) in [4.78, 5) is 27.5. The number of fused-ring (bicyclic) bond motifs is 1. The second kappa shape index (κ2) is 8.30. The number of benzene rings is 1. The smallest absolute Gasteiger partial charge is 0.326 e. The number of para-hydroxylation sites is 1. The predicted octanol–water partition coefficient (Wildman–Crippen LogP) is 1.74. The first-order chi connectivity index (χ1) is 12.9. The normalized spacial score (nSPS) is 14.6. The number of carboxylic acids is 1. The van der Waals surface area contributed by atoms with Crippen molar-refractivity contribution >= 4 is 22.8 Å². The van der Waals surface area contributed by atoms with Crippen LogP contribution in [0.3, 0.4) is 0 Å². The number of rotatable bonds is 8. The number of aliphatic hydroxyl groups is 1. The maximum Gasteiger partial charge on any atom is 0.326 e. The lowest BCUT2D eigenvalue weighted by Crippen LogP contribution is -2.60. The van der Waals surface area contributed by atoms with Gasteiger partial charge in [-0.3, -0.25) is 10.1 Å². The molecule has 0 aliphatic carbocycles. The number of hydrogen-bond donors (Lipinski definition) is 5. The zero-order valence-corrected chi connectivity index (χ0v) is 16.9. The molecule has 0 spiro atoms. The number of carbonyl (C=O) groups is 2. The number of carbonyl (C=O) groups excluding carboxylic acids is 1. The van der Waals surface area contributed by atoms with Crippen LogP contribution in [0.25, 0.3) is 10.9 Å². The van der Waals surface area contributed by atoms with E-state index >= 15 is 0 Å². The number of aliphatic carboxylic acids is 1. The molecule has 0 saturated heterocycles. The van der Waals surface area contributed by atoms with Gasteiger partial charge in [-0.2, -0.15) is 0 Å². The summed E-state index contributed by atoms with van der Waals surface area (Å²) in [6.07, 6.45) is 0.497. The van der Waals surface area contributed by atoms with E-state index in [4.69, 9.17) is 4.74 Å². The second-order valence-electron chi connectivity index (χ2n) is 8.28. The molecule has 1 aromatic heterocycles. The van der Waals surface area contributed by atoms with Gasteiger partial charge in [-0.25, -0.2) is 4.79 Å². The van der Waals surface area contributed by atoms with E-state index in [2.05, 4.69) is 15.6 Å². The minimum Gasteiger partial charge on any atom is -0.480 e. The lowest BCUT2D eigenvalue weighted by Gasteiger charge is -2.32. The highest BCUT2D eigenvalue weighted by Crippen LogP contribution is 2.19. The Balaban J connectivity index is 2.08. The first-order valence-corrected chi connectivity index (χ1v) is 9.11. The summed E-state index contributed by atoms with van der Waals surface area (Å²) < 4.78 is 5.35. The Bertz CT molecular complexity index is 838. The maximum absolute atomic E-state index is 12.7. The molecule has 1 amide bonds. The Morgan fingerprint density at radius 3 is 2.43 bits per heavy atom. The van der Waals surface area contributed by atoms with E-state index in [-0.39, 0.29) is 6.42 Å². The Kier molecular flexibility index (Phi) is 6.48. The summed E-state index contributed by atoms with van der Waals surface area (Å²) in [5, 5.41) is 25.7. The second-order valence-corrected chi connectivity index (χ2v) is 8.28. The number of amides is 1. The molecule has 154 valence electrons. The minimum atomic E-state index is -1.38. The highest BCUT2D eigenvalue weighted by atomic mass is 16.6. The van der Waals surface area contributed by atoms with E-state index in [0.717, 1.165) is 16.5 Å². The molecule has 1 aromatic carbocycles. The van der Waals surface area contributed by atoms with Crippen LogP contribution in [0.1, 0.15) is 40.2 Å². The van der Waals surface area contributed by atoms with E-state index in [9.17, 15) is 19.8 Å². The molecule has 8 heteroatoms. The number of aliphatic hydroxyl groups excluding tert-OH is 1. The molecule has 2 atom stereocenters. The van der Waals surface area contributed by atoms with E-state index in [1.165, 1.54) is 0 Å². The van der Waals surface area contributed by atoms with Gasteiger partial charge in [0.25, 0.3) is 0 Å². The summed E-state index contributed by atoms with van der Waals surface area (Å²) in [7, 11) is 0. The molecule has 2 rings (SSSR count). The van der Waals surface area contributed by atoms with Crippen molar-refractivity contribution in [2.24, 2.45) is 0 Å². The first-order valence-electron chi connectivity index (χ1n) is 9.11. The molecule has 0 aliphatic heterocycles. The van der Waals surface area contributed by atoms with Crippen molar-refractivity contribution in [2.75, 3.05) is 0 Å². The fraction of sp³-hybridized carbons (Fsp3) is 0.500. The van der Waals surface area contributed by atoms with E-state index < -0.39 is 35.5 Å². The van der Waals surface area contributed by atoms with Crippen LogP contribution < -0.4 is 10.6 Å². The van der Waals surface area contributed by atoms with E-state index in [0.29, 0.717) is 0 Å². The van der Waals surface area contributed by atoms with E-state index in [1.807, 2.05) is 24.3 Å². The van der Waals surface area contributed by atoms with Crippen molar-refractivity contribution < 1.29 is 24.5 Å². The maximum atomic E-state index is 12.7. The van der Waals surface area contributed by atoms with Crippen LogP contribution in [-0.4, -0.2) is 50.7 Å². The lowest BCUT2D eigenvalue weighted by molar-refractivity contribution is -0.192. The van der Waals surface area contributed by atoms with Crippen LogP contribution in [0, 0.1) is 0 Å². The average Bonchev–Trinajstić information content (AvgIpc) is 2.94. The molecule has 0 radical (unpaired) electrons. The third-order valence-corrected chi connectivity index (χ3v) is 4.22. The van der Waals surface area contributed by atoms with Crippen LogP contribution in [-0.2, 0) is 20.7 Å². The first kappa shape index (κ1) is 21.9. The van der Waals surface area contributed by atoms with Gasteiger partial charge < -0.3 is 25.3 Å². The molecule has 0 saturated carbocycles. The average molecular weight is 391 g/mol. The van der Waals surface area contributed by atoms with Crippen molar-refractivity contribution in [3.63, 3.8) is 0 Å². The number of aromatic nitrogens is 1. The molecule has 8 nitrogen and oxygen atoms in total. The van der Waals surface area contributed by atoms with Crippen molar-refractivity contribution in [3.8, 4) is 0 Å². The standard InChI is InChI=1S/C20H29N3O5/c1-19(2,3)28-18(27)23-20(4,5)17(26)22-15(16(24)25)10-12-11-21-14-9-7-6-8-13(12)14/h6-9,11,15,18,21,23,27H,10H2,1-5H3,(H,22,26)(H,24,25)/t15-,18?/m1/s1. The SMILES string of the molecule is CC(C)(C)OC(O)NC(C)(C)C(=O)N[C@H](Cc1c[nH]c2ccccc12)C(=O)O. The van der Waals surface area contributed by atoms with Crippen molar-refractivity contribution in [2.45, 2.75) is 64.6 Å². The molecule has 0 bridgehead atoms. The van der Waals surface area contributed by atoms with Gasteiger partial charge in [0.1, 0.15) is 6.04 Å². The van der Waals surface area contributed by atoms with Gasteiger partial charge >= 0.3 is 5.97 Å². The molecule has 1 heterocycles. The highest BCUT2D eigenvalue weighted by molar-refractivity contribution is 5.90. The van der Waals surface area contributed by atoms with Crippen molar-refractivity contribution in [1.29, 1.82) is 0 Å². The number of nitrogens with one attached hydrogen (secondary N) is 3.